The van der Waals surface area contributed by atoms with E-state index in [9.17, 15) is 14.7 Å². The highest BCUT2D eigenvalue weighted by atomic mass is 16.5. The molecule has 0 saturated heterocycles. The van der Waals surface area contributed by atoms with Crippen LogP contribution in [0.5, 0.6) is 0 Å². The summed E-state index contributed by atoms with van der Waals surface area (Å²) in [6.07, 6.45) is 25.3. The second-order valence-electron chi connectivity index (χ2n) is 8.29. The van der Waals surface area contributed by atoms with Crippen LogP contribution in [0.1, 0.15) is 116 Å². The largest absolute Gasteiger partial charge is 0.481 e. The minimum Gasteiger partial charge on any atom is -0.481 e. The first-order valence-electron chi connectivity index (χ1n) is 12.3. The molecule has 0 spiro atoms. The Labute approximate surface area is 185 Å². The van der Waals surface area contributed by atoms with Crippen molar-refractivity contribution < 1.29 is 19.4 Å². The Morgan fingerprint density at radius 2 is 1.33 bits per heavy atom. The number of hydrogen-bond acceptors (Lipinski definition) is 3. The average Bonchev–Trinajstić information content (AvgIpc) is 2.73. The second-order valence-corrected chi connectivity index (χ2v) is 8.29. The molecular weight excluding hydrogens is 376 g/mol. The van der Waals surface area contributed by atoms with Crippen molar-refractivity contribution in [2.45, 2.75) is 116 Å². The molecule has 0 aliphatic carbocycles. The summed E-state index contributed by atoms with van der Waals surface area (Å²) in [5.74, 6) is -2.00. The van der Waals surface area contributed by atoms with Gasteiger partial charge in [0.25, 0.3) is 0 Å². The lowest BCUT2D eigenvalue weighted by Crippen LogP contribution is -2.19. The van der Waals surface area contributed by atoms with Gasteiger partial charge < -0.3 is 9.84 Å². The third-order valence-electron chi connectivity index (χ3n) is 5.44. The highest BCUT2D eigenvalue weighted by Crippen LogP contribution is 2.17. The molecule has 0 aliphatic heterocycles. The lowest BCUT2D eigenvalue weighted by Gasteiger charge is -2.11. The number of aliphatic carboxylic acids is 1. The summed E-state index contributed by atoms with van der Waals surface area (Å²) in [4.78, 5) is 22.8. The SMILES string of the molecule is C=CCOC(=O)CC(CCCCCCCCC/C=C/CCCCCCCC)C(=O)O. The summed E-state index contributed by atoms with van der Waals surface area (Å²) in [5.41, 5.74) is 0. The van der Waals surface area contributed by atoms with E-state index in [1.54, 1.807) is 0 Å². The first-order valence-corrected chi connectivity index (χ1v) is 12.3. The monoisotopic (exact) mass is 422 g/mol. The van der Waals surface area contributed by atoms with E-state index in [2.05, 4.69) is 25.7 Å². The van der Waals surface area contributed by atoms with E-state index in [4.69, 9.17) is 4.74 Å². The highest BCUT2D eigenvalue weighted by Gasteiger charge is 2.21. The maximum absolute atomic E-state index is 11.6. The standard InChI is InChI=1S/C26H46O4/c1-3-5-6-7-8-9-10-11-12-13-14-15-16-17-18-19-20-21-24(26(28)29)23-25(27)30-22-4-2/h4,11-12,24H,2-3,5-10,13-23H2,1H3,(H,28,29)/b12-11+. The number of rotatable bonds is 22. The molecule has 30 heavy (non-hydrogen) atoms. The van der Waals surface area contributed by atoms with Crippen molar-refractivity contribution >= 4 is 11.9 Å². The lowest BCUT2D eigenvalue weighted by molar-refractivity contribution is -0.151. The molecule has 0 aliphatic rings. The molecule has 1 atom stereocenters. The van der Waals surface area contributed by atoms with Crippen molar-refractivity contribution in [2.75, 3.05) is 6.61 Å². The van der Waals surface area contributed by atoms with E-state index in [0.29, 0.717) is 6.42 Å². The Hall–Kier alpha value is -1.58. The van der Waals surface area contributed by atoms with Crippen molar-refractivity contribution in [2.24, 2.45) is 5.92 Å². The summed E-state index contributed by atoms with van der Waals surface area (Å²) in [6, 6.07) is 0. The van der Waals surface area contributed by atoms with Crippen LogP contribution in [-0.2, 0) is 14.3 Å². The van der Waals surface area contributed by atoms with Gasteiger partial charge in [0, 0.05) is 0 Å². The molecule has 1 unspecified atom stereocenters. The smallest absolute Gasteiger partial charge is 0.307 e. The van der Waals surface area contributed by atoms with Gasteiger partial charge in [0.1, 0.15) is 6.61 Å². The van der Waals surface area contributed by atoms with Gasteiger partial charge in [-0.3, -0.25) is 9.59 Å². The van der Waals surface area contributed by atoms with Crippen LogP contribution in [-0.4, -0.2) is 23.7 Å². The van der Waals surface area contributed by atoms with Gasteiger partial charge >= 0.3 is 11.9 Å². The van der Waals surface area contributed by atoms with Crippen LogP contribution in [0.2, 0.25) is 0 Å². The van der Waals surface area contributed by atoms with Crippen molar-refractivity contribution in [3.05, 3.63) is 24.8 Å². The van der Waals surface area contributed by atoms with Gasteiger partial charge in [-0.15, -0.1) is 0 Å². The van der Waals surface area contributed by atoms with Crippen LogP contribution < -0.4 is 0 Å². The maximum atomic E-state index is 11.6. The van der Waals surface area contributed by atoms with Crippen LogP contribution in [0, 0.1) is 5.92 Å². The van der Waals surface area contributed by atoms with E-state index < -0.39 is 17.9 Å². The molecule has 0 fully saturated rings. The van der Waals surface area contributed by atoms with Crippen LogP contribution in [0.4, 0.5) is 0 Å². The minimum absolute atomic E-state index is 0.0461. The first kappa shape index (κ1) is 28.4. The molecule has 1 N–H and O–H groups in total. The van der Waals surface area contributed by atoms with Crippen molar-refractivity contribution in [3.8, 4) is 0 Å². The number of carboxylic acid groups (broad SMARTS) is 1. The van der Waals surface area contributed by atoms with E-state index in [1.165, 1.54) is 83.1 Å². The third-order valence-corrected chi connectivity index (χ3v) is 5.44. The fourth-order valence-electron chi connectivity index (χ4n) is 3.54. The van der Waals surface area contributed by atoms with Crippen molar-refractivity contribution in [3.63, 3.8) is 0 Å². The zero-order valence-electron chi connectivity index (χ0n) is 19.4. The second kappa shape index (κ2) is 22.1. The van der Waals surface area contributed by atoms with E-state index in [-0.39, 0.29) is 13.0 Å². The predicted molar refractivity (Wildman–Crippen MR) is 126 cm³/mol. The topological polar surface area (TPSA) is 63.6 Å². The zero-order chi connectivity index (χ0) is 22.3. The van der Waals surface area contributed by atoms with E-state index >= 15 is 0 Å². The van der Waals surface area contributed by atoms with Crippen LogP contribution in [0.25, 0.3) is 0 Å². The van der Waals surface area contributed by atoms with Gasteiger partial charge in [0.05, 0.1) is 12.3 Å². The van der Waals surface area contributed by atoms with Gasteiger partial charge in [-0.1, -0.05) is 102 Å². The molecule has 0 bridgehead atoms. The Bertz CT molecular complexity index is 456. The molecule has 0 aromatic carbocycles. The van der Waals surface area contributed by atoms with E-state index in [0.717, 1.165) is 19.3 Å². The maximum Gasteiger partial charge on any atom is 0.307 e. The highest BCUT2D eigenvalue weighted by molar-refractivity contribution is 5.78. The lowest BCUT2D eigenvalue weighted by atomic mass is 9.97. The average molecular weight is 423 g/mol. The first-order chi connectivity index (χ1) is 14.6. The number of hydrogen-bond donors (Lipinski definition) is 1. The quantitative estimate of drug-likeness (QED) is 0.111. The number of allylic oxidation sites excluding steroid dienone is 2. The van der Waals surface area contributed by atoms with Crippen LogP contribution in [0.3, 0.4) is 0 Å². The van der Waals surface area contributed by atoms with Crippen molar-refractivity contribution in [1.29, 1.82) is 0 Å². The summed E-state index contributed by atoms with van der Waals surface area (Å²) in [7, 11) is 0. The van der Waals surface area contributed by atoms with Gasteiger partial charge in [-0.25, -0.2) is 0 Å². The summed E-state index contributed by atoms with van der Waals surface area (Å²) >= 11 is 0. The predicted octanol–water partition coefficient (Wildman–Crippen LogP) is 7.62. The Morgan fingerprint density at radius 1 is 0.833 bits per heavy atom. The zero-order valence-corrected chi connectivity index (χ0v) is 19.4. The number of carboxylic acids is 1. The van der Waals surface area contributed by atoms with Gasteiger partial charge in [-0.2, -0.15) is 0 Å². The number of ether oxygens (including phenoxy) is 1. The van der Waals surface area contributed by atoms with Crippen LogP contribution >= 0.6 is 0 Å². The van der Waals surface area contributed by atoms with Crippen molar-refractivity contribution in [1.82, 2.24) is 0 Å². The molecule has 0 aromatic heterocycles. The Morgan fingerprint density at radius 3 is 1.83 bits per heavy atom. The molecule has 0 rings (SSSR count). The fraction of sp³-hybridized carbons (Fsp3) is 0.769. The molecule has 0 heterocycles. The molecule has 4 heteroatoms. The molecule has 0 aromatic rings. The minimum atomic E-state index is -0.907. The molecule has 0 radical (unpaired) electrons. The number of carbonyl (C=O) groups is 2. The summed E-state index contributed by atoms with van der Waals surface area (Å²) in [5, 5.41) is 9.25. The molecule has 4 nitrogen and oxygen atoms in total. The van der Waals surface area contributed by atoms with Gasteiger partial charge in [0.15, 0.2) is 0 Å². The van der Waals surface area contributed by atoms with Gasteiger partial charge in [-0.05, 0) is 32.1 Å². The molecule has 174 valence electrons. The number of unbranched alkanes of at least 4 members (excludes halogenated alkanes) is 13. The molecule has 0 amide bonds. The molecular formula is C26H46O4. The normalized spacial score (nSPS) is 12.2. The molecule has 0 saturated carbocycles. The Balaban J connectivity index is 3.49. The van der Waals surface area contributed by atoms with Crippen LogP contribution in [0.15, 0.2) is 24.8 Å². The number of carbonyl (C=O) groups excluding carboxylic acids is 1. The fourth-order valence-corrected chi connectivity index (χ4v) is 3.54. The number of esters is 1. The Kier molecular flexibility index (Phi) is 20.9. The summed E-state index contributed by atoms with van der Waals surface area (Å²) < 4.78 is 4.88. The third kappa shape index (κ3) is 19.7. The summed E-state index contributed by atoms with van der Waals surface area (Å²) in [6.45, 7) is 5.87. The van der Waals surface area contributed by atoms with Gasteiger partial charge in [0.2, 0.25) is 0 Å². The van der Waals surface area contributed by atoms with E-state index in [1.807, 2.05) is 0 Å².